The van der Waals surface area contributed by atoms with Crippen LogP contribution in [0.1, 0.15) is 35.5 Å². The molecule has 166 valence electrons. The van der Waals surface area contributed by atoms with E-state index in [-0.39, 0.29) is 30.0 Å². The van der Waals surface area contributed by atoms with Gasteiger partial charge < -0.3 is 15.2 Å². The van der Waals surface area contributed by atoms with Crippen LogP contribution in [0, 0.1) is 0 Å². The molecule has 2 aromatic carbocycles. The van der Waals surface area contributed by atoms with E-state index < -0.39 is 11.7 Å². The number of aliphatic imine (C=N–C) groups is 1. The van der Waals surface area contributed by atoms with Gasteiger partial charge in [-0.3, -0.25) is 4.99 Å². The highest BCUT2D eigenvalue weighted by Crippen LogP contribution is 2.30. The maximum atomic E-state index is 13.0. The number of benzene rings is 2. The Bertz CT molecular complexity index is 986. The van der Waals surface area contributed by atoms with Crippen LogP contribution >= 0.6 is 24.0 Å². The molecule has 2 N–H and O–H groups in total. The van der Waals surface area contributed by atoms with Gasteiger partial charge in [0.2, 0.25) is 0 Å². The van der Waals surface area contributed by atoms with Crippen LogP contribution in [0.25, 0.3) is 0 Å². The molecule has 0 aliphatic rings. The van der Waals surface area contributed by atoms with Crippen molar-refractivity contribution in [2.75, 3.05) is 7.05 Å². The van der Waals surface area contributed by atoms with Gasteiger partial charge in [-0.05, 0) is 30.2 Å². The van der Waals surface area contributed by atoms with Gasteiger partial charge in [0.25, 0.3) is 0 Å². The minimum Gasteiger partial charge on any atom is -0.350 e. The summed E-state index contributed by atoms with van der Waals surface area (Å²) in [5.41, 5.74) is 1.02. The Labute approximate surface area is 196 Å². The number of nitrogens with one attached hydrogen (secondary N) is 2. The van der Waals surface area contributed by atoms with Crippen molar-refractivity contribution in [1.29, 1.82) is 0 Å². The molecule has 0 amide bonds. The molecule has 0 bridgehead atoms. The van der Waals surface area contributed by atoms with Gasteiger partial charge in [-0.2, -0.15) is 13.2 Å². The molecule has 0 fully saturated rings. The maximum Gasteiger partial charge on any atom is 0.416 e. The third-order valence-corrected chi connectivity index (χ3v) is 4.70. The Morgan fingerprint density at radius 3 is 2.55 bits per heavy atom. The van der Waals surface area contributed by atoms with E-state index in [1.54, 1.807) is 26.2 Å². The molecule has 5 nitrogen and oxygen atoms in total. The first-order valence-electron chi connectivity index (χ1n) is 9.55. The Morgan fingerprint density at radius 2 is 1.87 bits per heavy atom. The van der Waals surface area contributed by atoms with Crippen molar-refractivity contribution in [2.24, 2.45) is 4.99 Å². The summed E-state index contributed by atoms with van der Waals surface area (Å²) < 4.78 is 40.9. The predicted octanol–water partition coefficient (Wildman–Crippen LogP) is 4.99. The summed E-state index contributed by atoms with van der Waals surface area (Å²) in [6.07, 6.45) is -0.724. The standard InChI is InChI=1S/C22H24F3N5.HI/c1-16(18-9-6-10-19(13-18)22(23,24)25)29-21(26-2)28-14-20-27-11-12-30(20)15-17-7-4-3-5-8-17;/h3-13,16H,14-15H2,1-2H3,(H2,26,28,29);1H. The minimum absolute atomic E-state index is 0. The van der Waals surface area contributed by atoms with Crippen molar-refractivity contribution < 1.29 is 13.2 Å². The summed E-state index contributed by atoms with van der Waals surface area (Å²) in [4.78, 5) is 8.56. The van der Waals surface area contributed by atoms with Gasteiger partial charge in [0.1, 0.15) is 5.82 Å². The van der Waals surface area contributed by atoms with Gasteiger partial charge in [-0.1, -0.05) is 42.5 Å². The van der Waals surface area contributed by atoms with Crippen molar-refractivity contribution in [2.45, 2.75) is 32.2 Å². The van der Waals surface area contributed by atoms with Crippen LogP contribution in [-0.4, -0.2) is 22.6 Å². The number of aromatic nitrogens is 2. The van der Waals surface area contributed by atoms with E-state index in [1.165, 1.54) is 6.07 Å². The first kappa shape index (κ1) is 24.7. The zero-order chi connectivity index (χ0) is 21.6. The van der Waals surface area contributed by atoms with Gasteiger partial charge in [-0.15, -0.1) is 24.0 Å². The number of halogens is 4. The Balaban J connectivity index is 0.00000341. The van der Waals surface area contributed by atoms with Crippen LogP contribution in [0.3, 0.4) is 0 Å². The third-order valence-electron chi connectivity index (χ3n) is 4.70. The van der Waals surface area contributed by atoms with Gasteiger partial charge in [0.05, 0.1) is 18.2 Å². The Hall–Kier alpha value is -2.56. The highest BCUT2D eigenvalue weighted by Gasteiger charge is 2.30. The summed E-state index contributed by atoms with van der Waals surface area (Å²) >= 11 is 0. The van der Waals surface area contributed by atoms with E-state index in [9.17, 15) is 13.2 Å². The molecule has 0 saturated heterocycles. The number of alkyl halides is 3. The lowest BCUT2D eigenvalue weighted by Gasteiger charge is -2.19. The molecule has 9 heteroatoms. The molecule has 0 spiro atoms. The summed E-state index contributed by atoms with van der Waals surface area (Å²) in [7, 11) is 1.62. The molecule has 0 aliphatic carbocycles. The van der Waals surface area contributed by atoms with E-state index in [2.05, 4.69) is 32.7 Å². The van der Waals surface area contributed by atoms with E-state index in [1.807, 2.05) is 29.0 Å². The molecule has 3 aromatic rings. The molecule has 1 heterocycles. The number of hydrogen-bond acceptors (Lipinski definition) is 2. The van der Waals surface area contributed by atoms with Gasteiger partial charge in [0.15, 0.2) is 5.96 Å². The minimum atomic E-state index is -4.37. The lowest BCUT2D eigenvalue weighted by molar-refractivity contribution is -0.137. The largest absolute Gasteiger partial charge is 0.416 e. The van der Waals surface area contributed by atoms with Crippen molar-refractivity contribution in [3.63, 3.8) is 0 Å². The molecule has 3 rings (SSSR count). The molecule has 0 saturated carbocycles. The lowest BCUT2D eigenvalue weighted by atomic mass is 10.1. The zero-order valence-electron chi connectivity index (χ0n) is 17.2. The van der Waals surface area contributed by atoms with Gasteiger partial charge >= 0.3 is 6.18 Å². The number of nitrogens with zero attached hydrogens (tertiary/aromatic N) is 3. The smallest absolute Gasteiger partial charge is 0.350 e. The van der Waals surface area contributed by atoms with Crippen LogP contribution < -0.4 is 10.6 Å². The molecular weight excluding hydrogens is 518 g/mol. The van der Waals surface area contributed by atoms with Crippen molar-refractivity contribution in [3.05, 3.63) is 89.5 Å². The van der Waals surface area contributed by atoms with Crippen LogP contribution in [-0.2, 0) is 19.3 Å². The van der Waals surface area contributed by atoms with Gasteiger partial charge in [0, 0.05) is 26.0 Å². The fourth-order valence-corrected chi connectivity index (χ4v) is 3.06. The summed E-state index contributed by atoms with van der Waals surface area (Å²) in [5, 5.41) is 6.30. The highest BCUT2D eigenvalue weighted by atomic mass is 127. The molecule has 31 heavy (non-hydrogen) atoms. The van der Waals surface area contributed by atoms with Crippen molar-refractivity contribution in [3.8, 4) is 0 Å². The SMILES string of the molecule is CN=C(NCc1nccn1Cc1ccccc1)NC(C)c1cccc(C(F)(F)F)c1.I. The second-order valence-corrected chi connectivity index (χ2v) is 6.87. The van der Waals surface area contributed by atoms with E-state index in [0.29, 0.717) is 24.6 Å². The van der Waals surface area contributed by atoms with Crippen LogP contribution in [0.2, 0.25) is 0 Å². The van der Waals surface area contributed by atoms with E-state index >= 15 is 0 Å². The molecule has 0 aliphatic heterocycles. The summed E-state index contributed by atoms with van der Waals surface area (Å²) in [5.74, 6) is 1.31. The normalized spacial score (nSPS) is 12.7. The Morgan fingerprint density at radius 1 is 1.13 bits per heavy atom. The van der Waals surface area contributed by atoms with Crippen LogP contribution in [0.5, 0.6) is 0 Å². The summed E-state index contributed by atoms with van der Waals surface area (Å²) in [6, 6.07) is 15.0. The highest BCUT2D eigenvalue weighted by molar-refractivity contribution is 14.0. The topological polar surface area (TPSA) is 54.2 Å². The van der Waals surface area contributed by atoms with Crippen LogP contribution in [0.15, 0.2) is 72.0 Å². The Kier molecular flexibility index (Phi) is 8.90. The zero-order valence-corrected chi connectivity index (χ0v) is 19.6. The van der Waals surface area contributed by atoms with Gasteiger partial charge in [-0.25, -0.2) is 4.98 Å². The molecule has 0 radical (unpaired) electrons. The van der Waals surface area contributed by atoms with E-state index in [4.69, 9.17) is 0 Å². The molecule has 1 aromatic heterocycles. The number of rotatable bonds is 6. The first-order valence-corrected chi connectivity index (χ1v) is 9.55. The van der Waals surface area contributed by atoms with Crippen LogP contribution in [0.4, 0.5) is 13.2 Å². The second-order valence-electron chi connectivity index (χ2n) is 6.87. The number of imidazole rings is 1. The summed E-state index contributed by atoms with van der Waals surface area (Å²) in [6.45, 7) is 2.91. The fourth-order valence-electron chi connectivity index (χ4n) is 3.06. The maximum absolute atomic E-state index is 13.0. The average molecular weight is 543 g/mol. The lowest BCUT2D eigenvalue weighted by Crippen LogP contribution is -2.38. The van der Waals surface area contributed by atoms with E-state index in [0.717, 1.165) is 23.5 Å². The number of guanidine groups is 1. The predicted molar refractivity (Wildman–Crippen MR) is 126 cm³/mol. The average Bonchev–Trinajstić information content (AvgIpc) is 3.18. The fraction of sp³-hybridized carbons (Fsp3) is 0.273. The first-order chi connectivity index (χ1) is 14.4. The second kappa shape index (κ2) is 11.2. The molecular formula is C22H25F3IN5. The molecule has 1 atom stereocenters. The number of hydrogen-bond donors (Lipinski definition) is 2. The van der Waals surface area contributed by atoms with Crippen molar-refractivity contribution in [1.82, 2.24) is 20.2 Å². The monoisotopic (exact) mass is 543 g/mol. The quantitative estimate of drug-likeness (QED) is 0.262. The molecule has 1 unspecified atom stereocenters. The van der Waals surface area contributed by atoms with Crippen molar-refractivity contribution >= 4 is 29.9 Å². The third kappa shape index (κ3) is 6.98.